The van der Waals surface area contributed by atoms with Gasteiger partial charge in [-0.2, -0.15) is 5.10 Å². The third-order valence-electron chi connectivity index (χ3n) is 3.35. The predicted molar refractivity (Wildman–Crippen MR) is 89.3 cm³/mol. The zero-order chi connectivity index (χ0) is 16.1. The number of aromatic nitrogens is 2. The molecule has 0 aliphatic rings. The Bertz CT molecular complexity index is 667. The lowest BCUT2D eigenvalue weighted by atomic mass is 10.2. The molecule has 1 N–H and O–H groups in total. The van der Waals surface area contributed by atoms with Crippen molar-refractivity contribution in [3.05, 3.63) is 45.7 Å². The van der Waals surface area contributed by atoms with E-state index in [1.54, 1.807) is 25.3 Å². The van der Waals surface area contributed by atoms with E-state index >= 15 is 0 Å². The van der Waals surface area contributed by atoms with Crippen molar-refractivity contribution in [3.8, 4) is 5.75 Å². The molecule has 0 unspecified atom stereocenters. The predicted octanol–water partition coefficient (Wildman–Crippen LogP) is 3.09. The molecular weight excluding hydrogens is 346 g/mol. The highest BCUT2D eigenvalue weighted by Crippen LogP contribution is 2.25. The van der Waals surface area contributed by atoms with Crippen LogP contribution in [0.1, 0.15) is 28.2 Å². The first kappa shape index (κ1) is 16.5. The first-order chi connectivity index (χ1) is 10.5. The first-order valence-corrected chi connectivity index (χ1v) is 7.93. The largest absolute Gasteiger partial charge is 0.496 e. The van der Waals surface area contributed by atoms with Crippen molar-refractivity contribution in [2.24, 2.45) is 0 Å². The Hall–Kier alpha value is -1.82. The highest BCUT2D eigenvalue weighted by Gasteiger charge is 2.08. The molecule has 0 radical (unpaired) electrons. The van der Waals surface area contributed by atoms with Crippen LogP contribution >= 0.6 is 15.9 Å². The van der Waals surface area contributed by atoms with Crippen LogP contribution < -0.4 is 10.1 Å². The minimum atomic E-state index is -0.0864. The third-order valence-corrected chi connectivity index (χ3v) is 3.97. The van der Waals surface area contributed by atoms with E-state index in [1.165, 1.54) is 0 Å². The fourth-order valence-electron chi connectivity index (χ4n) is 2.24. The van der Waals surface area contributed by atoms with Gasteiger partial charge in [-0.3, -0.25) is 9.48 Å². The molecule has 0 saturated heterocycles. The van der Waals surface area contributed by atoms with Gasteiger partial charge in [0, 0.05) is 24.3 Å². The molecule has 118 valence electrons. The van der Waals surface area contributed by atoms with Crippen molar-refractivity contribution >= 4 is 21.8 Å². The minimum Gasteiger partial charge on any atom is -0.496 e. The van der Waals surface area contributed by atoms with Crippen LogP contribution in [0.4, 0.5) is 0 Å². The van der Waals surface area contributed by atoms with Crippen molar-refractivity contribution in [3.63, 3.8) is 0 Å². The highest BCUT2D eigenvalue weighted by atomic mass is 79.9. The van der Waals surface area contributed by atoms with E-state index in [4.69, 9.17) is 4.74 Å². The summed E-state index contributed by atoms with van der Waals surface area (Å²) in [6, 6.07) is 7.33. The van der Waals surface area contributed by atoms with Gasteiger partial charge in [0.15, 0.2) is 0 Å². The van der Waals surface area contributed by atoms with E-state index in [-0.39, 0.29) is 5.91 Å². The van der Waals surface area contributed by atoms with E-state index in [1.807, 2.05) is 24.6 Å². The van der Waals surface area contributed by atoms with Crippen molar-refractivity contribution in [1.29, 1.82) is 0 Å². The molecule has 2 rings (SSSR count). The molecule has 0 atom stereocenters. The molecule has 0 saturated carbocycles. The quantitative estimate of drug-likeness (QED) is 0.800. The van der Waals surface area contributed by atoms with Gasteiger partial charge in [-0.1, -0.05) is 0 Å². The van der Waals surface area contributed by atoms with Crippen LogP contribution in [-0.4, -0.2) is 29.3 Å². The maximum Gasteiger partial charge on any atom is 0.251 e. The fourth-order valence-corrected chi connectivity index (χ4v) is 2.78. The number of ether oxygens (including phenoxy) is 1. The lowest BCUT2D eigenvalue weighted by Crippen LogP contribution is -2.25. The summed E-state index contributed by atoms with van der Waals surface area (Å²) in [5, 5.41) is 7.32. The molecule has 1 aromatic carbocycles. The molecule has 5 nitrogen and oxygen atoms in total. The Labute approximate surface area is 138 Å². The van der Waals surface area contributed by atoms with E-state index in [9.17, 15) is 4.79 Å². The smallest absolute Gasteiger partial charge is 0.251 e. The van der Waals surface area contributed by atoms with Gasteiger partial charge in [0.1, 0.15) is 5.75 Å². The summed E-state index contributed by atoms with van der Waals surface area (Å²) in [7, 11) is 1.60. The molecule has 0 spiro atoms. The number of halogens is 1. The molecule has 1 amide bonds. The topological polar surface area (TPSA) is 56.1 Å². The van der Waals surface area contributed by atoms with Crippen molar-refractivity contribution < 1.29 is 9.53 Å². The second kappa shape index (κ2) is 7.45. The molecule has 0 aliphatic carbocycles. The summed E-state index contributed by atoms with van der Waals surface area (Å²) in [4.78, 5) is 12.1. The van der Waals surface area contributed by atoms with Gasteiger partial charge in [-0.15, -0.1) is 0 Å². The number of benzene rings is 1. The summed E-state index contributed by atoms with van der Waals surface area (Å²) in [6.07, 6.45) is 0.838. The Balaban J connectivity index is 1.83. The molecule has 1 heterocycles. The van der Waals surface area contributed by atoms with Gasteiger partial charge in [0.25, 0.3) is 5.91 Å². The third kappa shape index (κ3) is 4.10. The number of carbonyl (C=O) groups is 1. The number of hydrogen-bond donors (Lipinski definition) is 1. The maximum absolute atomic E-state index is 12.1. The monoisotopic (exact) mass is 365 g/mol. The Morgan fingerprint density at radius 1 is 1.36 bits per heavy atom. The summed E-state index contributed by atoms with van der Waals surface area (Å²) >= 11 is 3.38. The molecule has 22 heavy (non-hydrogen) atoms. The average molecular weight is 366 g/mol. The molecule has 0 aliphatic heterocycles. The standard InChI is InChI=1S/C16H20BrN3O2/c1-11-9-12(2)20(19-11)8-4-7-18-16(21)13-5-6-15(22-3)14(17)10-13/h5-6,9-10H,4,7-8H2,1-3H3,(H,18,21). The van der Waals surface area contributed by atoms with Crippen LogP contribution in [0.2, 0.25) is 0 Å². The Kier molecular flexibility index (Phi) is 5.60. The van der Waals surface area contributed by atoms with Crippen LogP contribution in [0.25, 0.3) is 0 Å². The molecule has 1 aromatic heterocycles. The van der Waals surface area contributed by atoms with Crippen molar-refractivity contribution in [2.45, 2.75) is 26.8 Å². The number of carbonyl (C=O) groups excluding carboxylic acids is 1. The van der Waals surface area contributed by atoms with Crippen molar-refractivity contribution in [1.82, 2.24) is 15.1 Å². The zero-order valence-electron chi connectivity index (χ0n) is 13.0. The summed E-state index contributed by atoms with van der Waals surface area (Å²) in [5.74, 6) is 0.623. The van der Waals surface area contributed by atoms with Gasteiger partial charge < -0.3 is 10.1 Å². The van der Waals surface area contributed by atoms with E-state index in [2.05, 4.69) is 26.3 Å². The summed E-state index contributed by atoms with van der Waals surface area (Å²) in [5.41, 5.74) is 2.77. The maximum atomic E-state index is 12.1. The normalized spacial score (nSPS) is 10.5. The molecule has 0 fully saturated rings. The van der Waals surface area contributed by atoms with Crippen molar-refractivity contribution in [2.75, 3.05) is 13.7 Å². The number of hydrogen-bond acceptors (Lipinski definition) is 3. The minimum absolute atomic E-state index is 0.0864. The van der Waals surface area contributed by atoms with Gasteiger partial charge in [0.2, 0.25) is 0 Å². The number of nitrogens with one attached hydrogen (secondary N) is 1. The van der Waals surface area contributed by atoms with Crippen LogP contribution in [0.3, 0.4) is 0 Å². The first-order valence-electron chi connectivity index (χ1n) is 7.14. The lowest BCUT2D eigenvalue weighted by Gasteiger charge is -2.08. The second-order valence-electron chi connectivity index (χ2n) is 5.11. The molecular formula is C16H20BrN3O2. The van der Waals surface area contributed by atoms with E-state index in [0.29, 0.717) is 17.9 Å². The SMILES string of the molecule is COc1ccc(C(=O)NCCCn2nc(C)cc2C)cc1Br. The molecule has 0 bridgehead atoms. The Morgan fingerprint density at radius 2 is 2.14 bits per heavy atom. The van der Waals surface area contributed by atoms with Crippen LogP contribution in [-0.2, 0) is 6.54 Å². The molecule has 6 heteroatoms. The Morgan fingerprint density at radius 3 is 2.73 bits per heavy atom. The summed E-state index contributed by atoms with van der Waals surface area (Å²) in [6.45, 7) is 5.42. The number of nitrogens with zero attached hydrogens (tertiary/aromatic N) is 2. The summed E-state index contributed by atoms with van der Waals surface area (Å²) < 4.78 is 7.88. The van der Waals surface area contributed by atoms with Crippen LogP contribution in [0.15, 0.2) is 28.7 Å². The highest BCUT2D eigenvalue weighted by molar-refractivity contribution is 9.10. The van der Waals surface area contributed by atoms with Crippen LogP contribution in [0, 0.1) is 13.8 Å². The number of methoxy groups -OCH3 is 1. The molecule has 2 aromatic rings. The van der Waals surface area contributed by atoms with Gasteiger partial charge in [-0.05, 0) is 60.5 Å². The number of aryl methyl sites for hydroxylation is 3. The van der Waals surface area contributed by atoms with Gasteiger partial charge >= 0.3 is 0 Å². The average Bonchev–Trinajstić information content (AvgIpc) is 2.81. The zero-order valence-corrected chi connectivity index (χ0v) is 14.6. The van der Waals surface area contributed by atoms with Gasteiger partial charge in [0.05, 0.1) is 17.3 Å². The van der Waals surface area contributed by atoms with Gasteiger partial charge in [-0.25, -0.2) is 0 Å². The second-order valence-corrected chi connectivity index (χ2v) is 5.96. The lowest BCUT2D eigenvalue weighted by molar-refractivity contribution is 0.0952. The van der Waals surface area contributed by atoms with E-state index in [0.717, 1.165) is 28.8 Å². The number of rotatable bonds is 6. The number of amides is 1. The van der Waals surface area contributed by atoms with E-state index < -0.39 is 0 Å². The fraction of sp³-hybridized carbons (Fsp3) is 0.375. The van der Waals surface area contributed by atoms with Crippen LogP contribution in [0.5, 0.6) is 5.75 Å².